The lowest BCUT2D eigenvalue weighted by atomic mass is 9.97. The van der Waals surface area contributed by atoms with Gasteiger partial charge in [-0.1, -0.05) is 72.8 Å². The monoisotopic (exact) mass is 555 g/mol. The first-order valence-corrected chi connectivity index (χ1v) is 13.5. The Kier molecular flexibility index (Phi) is 9.27. The number of amides is 3. The van der Waals surface area contributed by atoms with Crippen LogP contribution < -0.4 is 11.5 Å². The quantitative estimate of drug-likeness (QED) is 0.312. The molecule has 4 aromatic rings. The minimum Gasteiger partial charge on any atom is -0.329 e. The van der Waals surface area contributed by atoms with Gasteiger partial charge >= 0.3 is 5.91 Å². The molecule has 0 heterocycles. The number of carbonyl (C=O) groups excluding carboxylic acids is 3. The fraction of sp³-hybridized carbons (Fsp3) is 0.242. The van der Waals surface area contributed by atoms with Gasteiger partial charge in [0.1, 0.15) is 11.9 Å². The molecule has 0 fully saturated rings. The second kappa shape index (κ2) is 12.8. The van der Waals surface area contributed by atoms with Crippen LogP contribution in [0.1, 0.15) is 40.0 Å². The zero-order chi connectivity index (χ0) is 29.7. The minimum atomic E-state index is -1.01. The van der Waals surface area contributed by atoms with Crippen LogP contribution in [-0.4, -0.2) is 53.7 Å². The lowest BCUT2D eigenvalue weighted by Gasteiger charge is -2.33. The van der Waals surface area contributed by atoms with Crippen LogP contribution in [0.4, 0.5) is 4.39 Å². The summed E-state index contributed by atoms with van der Waals surface area (Å²) in [5.41, 5.74) is 11.9. The average molecular weight is 556 g/mol. The molecule has 3 amide bonds. The number of benzene rings is 4. The second-order valence-electron chi connectivity index (χ2n) is 10.5. The summed E-state index contributed by atoms with van der Waals surface area (Å²) in [7, 11) is 3.08. The Hall–Kier alpha value is -4.40. The third-order valence-electron chi connectivity index (χ3n) is 7.53. The van der Waals surface area contributed by atoms with Gasteiger partial charge in [-0.15, -0.1) is 0 Å². The van der Waals surface area contributed by atoms with Crippen molar-refractivity contribution in [1.82, 2.24) is 9.80 Å². The van der Waals surface area contributed by atoms with E-state index in [2.05, 4.69) is 5.73 Å². The Morgan fingerprint density at radius 2 is 1.49 bits per heavy atom. The molecule has 8 heteroatoms. The molecule has 0 saturated heterocycles. The lowest BCUT2D eigenvalue weighted by molar-refractivity contribution is -0.311. The maximum absolute atomic E-state index is 14.5. The van der Waals surface area contributed by atoms with Crippen LogP contribution in [-0.2, 0) is 22.4 Å². The van der Waals surface area contributed by atoms with E-state index in [-0.39, 0.29) is 24.8 Å². The normalized spacial score (nSPS) is 13.3. The number of halogens is 1. The summed E-state index contributed by atoms with van der Waals surface area (Å²) in [5, 5.41) is 2.06. The largest absolute Gasteiger partial charge is 0.331 e. The summed E-state index contributed by atoms with van der Waals surface area (Å²) in [6.07, 6.45) is 0.176. The fourth-order valence-electron chi connectivity index (χ4n) is 5.01. The molecule has 0 bridgehead atoms. The Labute approximate surface area is 239 Å². The number of hydrogen-bond donors (Lipinski definition) is 2. The van der Waals surface area contributed by atoms with Gasteiger partial charge in [0.2, 0.25) is 5.91 Å². The molecule has 3 atom stereocenters. The second-order valence-corrected chi connectivity index (χ2v) is 10.5. The molecule has 0 aliphatic carbocycles. The Bertz CT molecular complexity index is 1570. The molecule has 0 aliphatic rings. The Morgan fingerprint density at radius 3 is 2.17 bits per heavy atom. The first-order chi connectivity index (χ1) is 19.6. The number of quaternary nitrogens is 1. The molecule has 4 rings (SSSR count). The number of rotatable bonds is 10. The minimum absolute atomic E-state index is 0.0337. The van der Waals surface area contributed by atoms with Crippen molar-refractivity contribution < 1.29 is 24.5 Å². The van der Waals surface area contributed by atoms with Gasteiger partial charge < -0.3 is 15.5 Å². The van der Waals surface area contributed by atoms with Crippen LogP contribution in [0.5, 0.6) is 0 Å². The fourth-order valence-corrected chi connectivity index (χ4v) is 5.01. The molecule has 0 aliphatic heterocycles. The van der Waals surface area contributed by atoms with Gasteiger partial charge in [-0.3, -0.25) is 15.3 Å². The number of carbonyl (C=O) groups is 3. The van der Waals surface area contributed by atoms with Crippen LogP contribution in [0, 0.1) is 5.82 Å². The van der Waals surface area contributed by atoms with E-state index >= 15 is 0 Å². The number of fused-ring (bicyclic) bond motifs is 1. The van der Waals surface area contributed by atoms with Crippen molar-refractivity contribution in [2.24, 2.45) is 5.73 Å². The molecule has 4 aromatic carbocycles. The van der Waals surface area contributed by atoms with E-state index in [0.717, 1.165) is 21.9 Å². The zero-order valence-corrected chi connectivity index (χ0v) is 23.6. The van der Waals surface area contributed by atoms with E-state index in [0.29, 0.717) is 11.1 Å². The predicted octanol–water partition coefficient (Wildman–Crippen LogP) is 3.52. The number of nitrogens with two attached hydrogens (primary N) is 1. The number of nitrogens with zero attached hydrogens (tertiary/aromatic N) is 2. The maximum atomic E-state index is 14.5. The lowest BCUT2D eigenvalue weighted by Crippen LogP contribution is -2.68. The van der Waals surface area contributed by atoms with Crippen LogP contribution >= 0.6 is 0 Å². The molecule has 7 nitrogen and oxygen atoms in total. The van der Waals surface area contributed by atoms with Gasteiger partial charge in [0.15, 0.2) is 6.04 Å². The standard InChI is InChI=1S/C33H35FN4O3/c1-21(35)24-12-8-13-27(19-24)32(40)38(3)30(18-22-15-16-23-9-4-5-10-25(23)17-22)33(41)37(2)29(31(36)39)20-26-11-6-7-14-28(26)34/h4-17,19,21,29-30H,18,20,35H2,1-3H3,(H2,36,39)/p+1. The summed E-state index contributed by atoms with van der Waals surface area (Å²) in [6, 6.07) is 24.7. The van der Waals surface area contributed by atoms with Crippen molar-refractivity contribution in [3.8, 4) is 0 Å². The first-order valence-electron chi connectivity index (χ1n) is 13.5. The van der Waals surface area contributed by atoms with Gasteiger partial charge in [0, 0.05) is 38.5 Å². The SMILES string of the molecule is CC(N)c1cccc(C(=O)N(C)C(Cc2ccc3ccccc3c2)C(=O)N(C)C(Cc2ccccc2F)C([NH3+])=O)c1. The van der Waals surface area contributed by atoms with E-state index in [1.165, 1.54) is 22.9 Å². The van der Waals surface area contributed by atoms with Crippen LogP contribution in [0.15, 0.2) is 91.0 Å². The summed E-state index contributed by atoms with van der Waals surface area (Å²) < 4.78 is 14.5. The van der Waals surface area contributed by atoms with Crippen molar-refractivity contribution in [2.75, 3.05) is 14.1 Å². The maximum Gasteiger partial charge on any atom is 0.331 e. The highest BCUT2D eigenvalue weighted by Gasteiger charge is 2.36. The third-order valence-corrected chi connectivity index (χ3v) is 7.53. The highest BCUT2D eigenvalue weighted by molar-refractivity contribution is 5.98. The molecule has 41 heavy (non-hydrogen) atoms. The Morgan fingerprint density at radius 1 is 0.805 bits per heavy atom. The Balaban J connectivity index is 1.69. The highest BCUT2D eigenvalue weighted by atomic mass is 19.1. The van der Waals surface area contributed by atoms with Crippen molar-refractivity contribution in [3.05, 3.63) is 119 Å². The molecule has 0 radical (unpaired) electrons. The highest BCUT2D eigenvalue weighted by Crippen LogP contribution is 2.22. The summed E-state index contributed by atoms with van der Waals surface area (Å²) in [5.74, 6) is -1.79. The number of likely N-dealkylation sites (N-methyl/N-ethyl adjacent to an activating group) is 2. The molecular formula is C33H36FN4O3+. The predicted molar refractivity (Wildman–Crippen MR) is 157 cm³/mol. The molecule has 0 aromatic heterocycles. The molecule has 0 spiro atoms. The van der Waals surface area contributed by atoms with Gasteiger partial charge in [-0.2, -0.15) is 0 Å². The summed E-state index contributed by atoms with van der Waals surface area (Å²) in [6.45, 7) is 1.83. The van der Waals surface area contributed by atoms with Crippen LogP contribution in [0.3, 0.4) is 0 Å². The zero-order valence-electron chi connectivity index (χ0n) is 23.6. The molecule has 5 N–H and O–H groups in total. The van der Waals surface area contributed by atoms with E-state index < -0.39 is 29.7 Å². The van der Waals surface area contributed by atoms with E-state index in [9.17, 15) is 18.8 Å². The van der Waals surface area contributed by atoms with Gasteiger partial charge in [-0.05, 0) is 52.6 Å². The van der Waals surface area contributed by atoms with Crippen LogP contribution in [0.2, 0.25) is 0 Å². The van der Waals surface area contributed by atoms with Crippen molar-refractivity contribution in [2.45, 2.75) is 37.9 Å². The van der Waals surface area contributed by atoms with Gasteiger partial charge in [0.25, 0.3) is 5.91 Å². The van der Waals surface area contributed by atoms with Crippen molar-refractivity contribution >= 4 is 28.5 Å². The smallest absolute Gasteiger partial charge is 0.329 e. The summed E-state index contributed by atoms with van der Waals surface area (Å²) >= 11 is 0. The van der Waals surface area contributed by atoms with Crippen molar-refractivity contribution in [1.29, 1.82) is 0 Å². The van der Waals surface area contributed by atoms with Gasteiger partial charge in [0.05, 0.1) is 0 Å². The van der Waals surface area contributed by atoms with E-state index in [1.54, 1.807) is 43.4 Å². The first kappa shape index (κ1) is 29.6. The number of hydrogen-bond acceptors (Lipinski definition) is 4. The average Bonchev–Trinajstić information content (AvgIpc) is 2.97. The molecule has 0 saturated carbocycles. The van der Waals surface area contributed by atoms with E-state index in [4.69, 9.17) is 5.73 Å². The third kappa shape index (κ3) is 6.85. The topological polar surface area (TPSA) is 111 Å². The molecule has 3 unspecified atom stereocenters. The molecule has 212 valence electrons. The summed E-state index contributed by atoms with van der Waals surface area (Å²) in [4.78, 5) is 43.2. The van der Waals surface area contributed by atoms with E-state index in [1.807, 2.05) is 55.5 Å². The van der Waals surface area contributed by atoms with Crippen LogP contribution in [0.25, 0.3) is 10.8 Å². The van der Waals surface area contributed by atoms with Gasteiger partial charge in [-0.25, -0.2) is 9.18 Å². The van der Waals surface area contributed by atoms with Crippen molar-refractivity contribution in [3.63, 3.8) is 0 Å². The molecular weight excluding hydrogens is 519 g/mol.